The highest BCUT2D eigenvalue weighted by molar-refractivity contribution is 7.09. The molecule has 1 unspecified atom stereocenters. The smallest absolute Gasteiger partial charge is 0.123 e. The standard InChI is InChI=1S/C10H14N4S/c1-7-14-8(6-15-7)5-9(11-2)10-12-3-4-13-10/h3-4,6,9,11H,5H2,1-2H3,(H,12,13). The number of nitrogens with one attached hydrogen (secondary N) is 2. The van der Waals surface area contributed by atoms with Gasteiger partial charge >= 0.3 is 0 Å². The van der Waals surface area contributed by atoms with E-state index in [1.54, 1.807) is 17.5 Å². The van der Waals surface area contributed by atoms with Gasteiger partial charge in [0.25, 0.3) is 0 Å². The Morgan fingerprint density at radius 2 is 2.47 bits per heavy atom. The molecule has 4 nitrogen and oxygen atoms in total. The van der Waals surface area contributed by atoms with Crippen LogP contribution in [0.3, 0.4) is 0 Å². The maximum atomic E-state index is 4.45. The van der Waals surface area contributed by atoms with Crippen LogP contribution in [0.5, 0.6) is 0 Å². The Labute approximate surface area is 92.8 Å². The van der Waals surface area contributed by atoms with E-state index in [1.165, 1.54) is 0 Å². The molecule has 0 spiro atoms. The third-order valence-electron chi connectivity index (χ3n) is 2.28. The molecule has 0 radical (unpaired) electrons. The molecule has 80 valence electrons. The molecular weight excluding hydrogens is 208 g/mol. The molecule has 2 aromatic rings. The van der Waals surface area contributed by atoms with Crippen LogP contribution in [0, 0.1) is 6.92 Å². The Balaban J connectivity index is 2.09. The van der Waals surface area contributed by atoms with Crippen LogP contribution in [-0.2, 0) is 6.42 Å². The zero-order valence-electron chi connectivity index (χ0n) is 8.82. The molecule has 0 aliphatic carbocycles. The van der Waals surface area contributed by atoms with E-state index in [0.717, 1.165) is 22.9 Å². The Bertz CT molecular complexity index is 407. The fraction of sp³-hybridized carbons (Fsp3) is 0.400. The summed E-state index contributed by atoms with van der Waals surface area (Å²) in [7, 11) is 1.94. The lowest BCUT2D eigenvalue weighted by Crippen LogP contribution is -2.20. The van der Waals surface area contributed by atoms with E-state index in [0.29, 0.717) is 0 Å². The number of aryl methyl sites for hydroxylation is 1. The normalized spacial score (nSPS) is 12.9. The Morgan fingerprint density at radius 3 is 3.00 bits per heavy atom. The first-order valence-corrected chi connectivity index (χ1v) is 5.75. The summed E-state index contributed by atoms with van der Waals surface area (Å²) >= 11 is 1.68. The largest absolute Gasteiger partial charge is 0.347 e. The average Bonchev–Trinajstić information content (AvgIpc) is 2.85. The van der Waals surface area contributed by atoms with Crippen molar-refractivity contribution in [3.05, 3.63) is 34.3 Å². The van der Waals surface area contributed by atoms with E-state index in [4.69, 9.17) is 0 Å². The van der Waals surface area contributed by atoms with Crippen molar-refractivity contribution in [2.24, 2.45) is 0 Å². The maximum Gasteiger partial charge on any atom is 0.123 e. The van der Waals surface area contributed by atoms with Crippen molar-refractivity contribution in [1.82, 2.24) is 20.3 Å². The first kappa shape index (κ1) is 10.3. The van der Waals surface area contributed by atoms with Crippen molar-refractivity contribution in [3.63, 3.8) is 0 Å². The van der Waals surface area contributed by atoms with Gasteiger partial charge in [0.15, 0.2) is 0 Å². The predicted octanol–water partition coefficient (Wildman–Crippen LogP) is 1.68. The van der Waals surface area contributed by atoms with Gasteiger partial charge in [0.2, 0.25) is 0 Å². The van der Waals surface area contributed by atoms with Gasteiger partial charge in [-0.2, -0.15) is 0 Å². The number of aromatic amines is 1. The molecule has 0 aromatic carbocycles. The van der Waals surface area contributed by atoms with Crippen LogP contribution in [0.2, 0.25) is 0 Å². The Morgan fingerprint density at radius 1 is 1.60 bits per heavy atom. The molecule has 2 aromatic heterocycles. The molecule has 0 bridgehead atoms. The zero-order valence-corrected chi connectivity index (χ0v) is 9.64. The minimum absolute atomic E-state index is 0.210. The molecule has 0 saturated carbocycles. The van der Waals surface area contributed by atoms with Gasteiger partial charge in [0.05, 0.1) is 16.7 Å². The summed E-state index contributed by atoms with van der Waals surface area (Å²) in [5.41, 5.74) is 1.12. The molecular formula is C10H14N4S. The number of imidazole rings is 1. The lowest BCUT2D eigenvalue weighted by molar-refractivity contribution is 0.557. The molecule has 1 atom stereocenters. The quantitative estimate of drug-likeness (QED) is 0.827. The lowest BCUT2D eigenvalue weighted by atomic mass is 10.1. The van der Waals surface area contributed by atoms with Gasteiger partial charge < -0.3 is 10.3 Å². The number of thiazole rings is 1. The van der Waals surface area contributed by atoms with E-state index in [9.17, 15) is 0 Å². The highest BCUT2D eigenvalue weighted by Gasteiger charge is 2.13. The molecule has 0 aliphatic rings. The fourth-order valence-corrected chi connectivity index (χ4v) is 2.14. The highest BCUT2D eigenvalue weighted by Crippen LogP contribution is 2.16. The highest BCUT2D eigenvalue weighted by atomic mass is 32.1. The van der Waals surface area contributed by atoms with Gasteiger partial charge in [-0.15, -0.1) is 11.3 Å². The van der Waals surface area contributed by atoms with Gasteiger partial charge in [-0.05, 0) is 14.0 Å². The Hall–Kier alpha value is -1.20. The van der Waals surface area contributed by atoms with Crippen LogP contribution >= 0.6 is 11.3 Å². The van der Waals surface area contributed by atoms with E-state index in [-0.39, 0.29) is 6.04 Å². The summed E-state index contributed by atoms with van der Waals surface area (Å²) in [5.74, 6) is 0.961. The first-order valence-electron chi connectivity index (χ1n) is 4.87. The van der Waals surface area contributed by atoms with Crippen LogP contribution in [0.4, 0.5) is 0 Å². The number of hydrogen-bond donors (Lipinski definition) is 2. The molecule has 0 amide bonds. The van der Waals surface area contributed by atoms with Gasteiger partial charge in [-0.1, -0.05) is 0 Å². The van der Waals surface area contributed by atoms with E-state index in [1.807, 2.05) is 20.2 Å². The zero-order chi connectivity index (χ0) is 10.7. The lowest BCUT2D eigenvalue weighted by Gasteiger charge is -2.11. The molecule has 2 rings (SSSR count). The summed E-state index contributed by atoms with van der Waals surface area (Å²) in [4.78, 5) is 11.8. The monoisotopic (exact) mass is 222 g/mol. The minimum Gasteiger partial charge on any atom is -0.347 e. The second kappa shape index (κ2) is 4.55. The minimum atomic E-state index is 0.210. The molecule has 15 heavy (non-hydrogen) atoms. The van der Waals surface area contributed by atoms with Crippen molar-refractivity contribution >= 4 is 11.3 Å². The van der Waals surface area contributed by atoms with Crippen LogP contribution in [0.1, 0.15) is 22.6 Å². The number of hydrogen-bond acceptors (Lipinski definition) is 4. The summed E-state index contributed by atoms with van der Waals surface area (Å²) < 4.78 is 0. The number of rotatable bonds is 4. The summed E-state index contributed by atoms with van der Waals surface area (Å²) in [6.45, 7) is 2.02. The summed E-state index contributed by atoms with van der Waals surface area (Å²) in [6, 6.07) is 0.210. The third kappa shape index (κ3) is 2.43. The van der Waals surface area contributed by atoms with Crippen molar-refractivity contribution < 1.29 is 0 Å². The topological polar surface area (TPSA) is 53.6 Å². The maximum absolute atomic E-state index is 4.45. The fourth-order valence-electron chi connectivity index (χ4n) is 1.51. The second-order valence-electron chi connectivity index (χ2n) is 3.38. The molecule has 5 heteroatoms. The van der Waals surface area contributed by atoms with Crippen molar-refractivity contribution in [2.45, 2.75) is 19.4 Å². The molecule has 2 heterocycles. The van der Waals surface area contributed by atoms with Crippen LogP contribution < -0.4 is 5.32 Å². The van der Waals surface area contributed by atoms with Crippen molar-refractivity contribution in [3.8, 4) is 0 Å². The van der Waals surface area contributed by atoms with Crippen molar-refractivity contribution in [2.75, 3.05) is 7.05 Å². The van der Waals surface area contributed by atoms with Crippen LogP contribution in [-0.4, -0.2) is 22.0 Å². The van der Waals surface area contributed by atoms with Crippen molar-refractivity contribution in [1.29, 1.82) is 0 Å². The van der Waals surface area contributed by atoms with Gasteiger partial charge in [0.1, 0.15) is 5.82 Å². The van der Waals surface area contributed by atoms with Crippen LogP contribution in [0.25, 0.3) is 0 Å². The predicted molar refractivity (Wildman–Crippen MR) is 60.9 cm³/mol. The van der Waals surface area contributed by atoms with E-state index >= 15 is 0 Å². The summed E-state index contributed by atoms with van der Waals surface area (Å²) in [6.07, 6.45) is 4.48. The molecule has 0 aliphatic heterocycles. The second-order valence-corrected chi connectivity index (χ2v) is 4.44. The number of H-pyrrole nitrogens is 1. The number of aromatic nitrogens is 3. The number of likely N-dealkylation sites (N-methyl/N-ethyl adjacent to an activating group) is 1. The molecule has 0 saturated heterocycles. The summed E-state index contributed by atoms with van der Waals surface area (Å²) in [5, 5.41) is 6.44. The van der Waals surface area contributed by atoms with Gasteiger partial charge in [0, 0.05) is 24.2 Å². The van der Waals surface area contributed by atoms with E-state index < -0.39 is 0 Å². The van der Waals surface area contributed by atoms with Crippen LogP contribution in [0.15, 0.2) is 17.8 Å². The van der Waals surface area contributed by atoms with Gasteiger partial charge in [-0.25, -0.2) is 9.97 Å². The third-order valence-corrected chi connectivity index (χ3v) is 3.10. The molecule has 0 fully saturated rings. The average molecular weight is 222 g/mol. The number of nitrogens with zero attached hydrogens (tertiary/aromatic N) is 2. The van der Waals surface area contributed by atoms with Gasteiger partial charge in [-0.3, -0.25) is 0 Å². The SMILES string of the molecule is CNC(Cc1csc(C)n1)c1ncc[nH]1. The molecule has 2 N–H and O–H groups in total. The first-order chi connectivity index (χ1) is 7.29. The Kier molecular flexibility index (Phi) is 3.13. The van der Waals surface area contributed by atoms with E-state index in [2.05, 4.69) is 25.6 Å².